The summed E-state index contributed by atoms with van der Waals surface area (Å²) in [5, 5.41) is 3.46. The molecule has 0 aliphatic rings. The van der Waals surface area contributed by atoms with Crippen molar-refractivity contribution < 1.29 is 9.47 Å². The van der Waals surface area contributed by atoms with Crippen LogP contribution in [0, 0.1) is 0 Å². The van der Waals surface area contributed by atoms with Gasteiger partial charge in [-0.3, -0.25) is 0 Å². The molecule has 0 amide bonds. The van der Waals surface area contributed by atoms with E-state index >= 15 is 0 Å². The molecule has 0 atom stereocenters. The molecule has 0 unspecified atom stereocenters. The lowest BCUT2D eigenvalue weighted by Gasteiger charge is -2.09. The molecular weight excluding hydrogens is 258 g/mol. The lowest BCUT2D eigenvalue weighted by atomic mass is 10.2. The molecule has 0 aliphatic carbocycles. The number of methoxy groups -OCH3 is 1. The summed E-state index contributed by atoms with van der Waals surface area (Å²) >= 11 is 1.91. The lowest BCUT2D eigenvalue weighted by Crippen LogP contribution is -2.04. The predicted molar refractivity (Wildman–Crippen MR) is 84.1 cm³/mol. The molecule has 1 N–H and O–H groups in total. The van der Waals surface area contributed by atoms with E-state index in [4.69, 9.17) is 9.47 Å². The van der Waals surface area contributed by atoms with Crippen molar-refractivity contribution in [2.75, 3.05) is 44.2 Å². The van der Waals surface area contributed by atoms with Crippen LogP contribution in [0.1, 0.15) is 18.4 Å². The fourth-order valence-electron chi connectivity index (χ4n) is 1.71. The van der Waals surface area contributed by atoms with E-state index in [-0.39, 0.29) is 0 Å². The highest BCUT2D eigenvalue weighted by molar-refractivity contribution is 7.98. The summed E-state index contributed by atoms with van der Waals surface area (Å²) in [7, 11) is 1.69. The van der Waals surface area contributed by atoms with E-state index in [1.807, 2.05) is 11.8 Å². The Morgan fingerprint density at radius 1 is 1.21 bits per heavy atom. The maximum absolute atomic E-state index is 5.52. The summed E-state index contributed by atoms with van der Waals surface area (Å²) in [6.45, 7) is 2.97. The number of hydrogen-bond donors (Lipinski definition) is 1. The Balaban J connectivity index is 2.23. The van der Waals surface area contributed by atoms with Gasteiger partial charge in [-0.05, 0) is 42.5 Å². The first-order valence-corrected chi connectivity index (χ1v) is 8.14. The number of rotatable bonds is 11. The number of unbranched alkanes of at least 4 members (excludes halogenated alkanes) is 1. The van der Waals surface area contributed by atoms with Gasteiger partial charge in [0.1, 0.15) is 0 Å². The third-order valence-corrected chi connectivity index (χ3v) is 3.43. The molecular formula is C15H25NO2S. The minimum absolute atomic E-state index is 0.642. The van der Waals surface area contributed by atoms with Crippen molar-refractivity contribution in [1.29, 1.82) is 0 Å². The van der Waals surface area contributed by atoms with Crippen LogP contribution in [0.3, 0.4) is 0 Å². The van der Waals surface area contributed by atoms with Crippen molar-refractivity contribution in [2.45, 2.75) is 19.4 Å². The molecule has 0 heterocycles. The second-order valence-electron chi connectivity index (χ2n) is 4.37. The average Bonchev–Trinajstić information content (AvgIpc) is 2.44. The highest BCUT2D eigenvalue weighted by Crippen LogP contribution is 2.12. The Hall–Kier alpha value is -0.710. The summed E-state index contributed by atoms with van der Waals surface area (Å²) in [5.41, 5.74) is 2.38. The van der Waals surface area contributed by atoms with Crippen LogP contribution < -0.4 is 5.32 Å². The SMILES string of the molecule is COCCOCc1cccc(NCCCCSC)c1. The van der Waals surface area contributed by atoms with Gasteiger partial charge < -0.3 is 14.8 Å². The van der Waals surface area contributed by atoms with Crippen molar-refractivity contribution in [3.05, 3.63) is 29.8 Å². The van der Waals surface area contributed by atoms with E-state index in [1.165, 1.54) is 29.8 Å². The molecule has 0 aromatic heterocycles. The molecule has 19 heavy (non-hydrogen) atoms. The van der Waals surface area contributed by atoms with Crippen molar-refractivity contribution in [1.82, 2.24) is 0 Å². The van der Waals surface area contributed by atoms with Crippen molar-refractivity contribution in [2.24, 2.45) is 0 Å². The fourth-order valence-corrected chi connectivity index (χ4v) is 2.20. The summed E-state index contributed by atoms with van der Waals surface area (Å²) in [6, 6.07) is 8.42. The number of benzene rings is 1. The van der Waals surface area contributed by atoms with Crippen LogP contribution in [0.2, 0.25) is 0 Å². The molecule has 108 valence electrons. The lowest BCUT2D eigenvalue weighted by molar-refractivity contribution is 0.0617. The Kier molecular flexibility index (Phi) is 9.59. The summed E-state index contributed by atoms with van der Waals surface area (Å²) in [6.07, 6.45) is 4.64. The number of nitrogens with one attached hydrogen (secondary N) is 1. The molecule has 1 aromatic rings. The smallest absolute Gasteiger partial charge is 0.0718 e. The van der Waals surface area contributed by atoms with Gasteiger partial charge in [0.25, 0.3) is 0 Å². The van der Waals surface area contributed by atoms with E-state index in [1.54, 1.807) is 7.11 Å². The van der Waals surface area contributed by atoms with Crippen LogP contribution in [0.25, 0.3) is 0 Å². The number of ether oxygens (including phenoxy) is 2. The zero-order chi connectivity index (χ0) is 13.8. The van der Waals surface area contributed by atoms with Crippen LogP contribution >= 0.6 is 11.8 Å². The molecule has 0 aliphatic heterocycles. The van der Waals surface area contributed by atoms with Gasteiger partial charge in [0.15, 0.2) is 0 Å². The van der Waals surface area contributed by atoms with E-state index in [2.05, 4.69) is 35.8 Å². The van der Waals surface area contributed by atoms with E-state index < -0.39 is 0 Å². The van der Waals surface area contributed by atoms with Crippen LogP contribution in [0.4, 0.5) is 5.69 Å². The molecule has 0 fully saturated rings. The molecule has 0 radical (unpaired) electrons. The van der Waals surface area contributed by atoms with Crippen molar-refractivity contribution >= 4 is 17.4 Å². The van der Waals surface area contributed by atoms with E-state index in [9.17, 15) is 0 Å². The Labute approximate surface area is 121 Å². The van der Waals surface area contributed by atoms with Crippen LogP contribution in [-0.2, 0) is 16.1 Å². The van der Waals surface area contributed by atoms with E-state index in [0.717, 1.165) is 6.54 Å². The largest absolute Gasteiger partial charge is 0.385 e. The quantitative estimate of drug-likeness (QED) is 0.631. The van der Waals surface area contributed by atoms with Gasteiger partial charge >= 0.3 is 0 Å². The maximum atomic E-state index is 5.52. The minimum atomic E-state index is 0.642. The topological polar surface area (TPSA) is 30.5 Å². The zero-order valence-electron chi connectivity index (χ0n) is 12.0. The summed E-state index contributed by atoms with van der Waals surface area (Å²) < 4.78 is 10.5. The molecule has 0 saturated carbocycles. The van der Waals surface area contributed by atoms with Gasteiger partial charge in [0, 0.05) is 19.3 Å². The van der Waals surface area contributed by atoms with Crippen molar-refractivity contribution in [3.8, 4) is 0 Å². The molecule has 0 saturated heterocycles. The molecule has 4 heteroatoms. The summed E-state index contributed by atoms with van der Waals surface area (Å²) in [5.74, 6) is 1.25. The first-order chi connectivity index (χ1) is 9.36. The number of anilines is 1. The molecule has 3 nitrogen and oxygen atoms in total. The highest BCUT2D eigenvalue weighted by Gasteiger charge is 1.96. The molecule has 0 spiro atoms. The maximum Gasteiger partial charge on any atom is 0.0718 e. The van der Waals surface area contributed by atoms with E-state index in [0.29, 0.717) is 19.8 Å². The monoisotopic (exact) mass is 283 g/mol. The Morgan fingerprint density at radius 2 is 2.11 bits per heavy atom. The van der Waals surface area contributed by atoms with Gasteiger partial charge in [-0.2, -0.15) is 11.8 Å². The third kappa shape index (κ3) is 8.14. The van der Waals surface area contributed by atoms with Gasteiger partial charge in [0.05, 0.1) is 19.8 Å². The standard InChI is InChI=1S/C15H25NO2S/c1-17-9-10-18-13-14-6-5-7-15(12-14)16-8-3-4-11-19-2/h5-7,12,16H,3-4,8-11,13H2,1-2H3. The van der Waals surface area contributed by atoms with Gasteiger partial charge in [-0.15, -0.1) is 0 Å². The number of hydrogen-bond acceptors (Lipinski definition) is 4. The Bertz CT molecular complexity index is 334. The molecule has 1 aromatic carbocycles. The molecule has 0 bridgehead atoms. The second-order valence-corrected chi connectivity index (χ2v) is 5.36. The predicted octanol–water partition coefficient (Wildman–Crippen LogP) is 3.40. The average molecular weight is 283 g/mol. The van der Waals surface area contributed by atoms with Gasteiger partial charge in [-0.25, -0.2) is 0 Å². The molecule has 1 rings (SSSR count). The van der Waals surface area contributed by atoms with Crippen molar-refractivity contribution in [3.63, 3.8) is 0 Å². The second kappa shape index (κ2) is 11.1. The van der Waals surface area contributed by atoms with Crippen LogP contribution in [0.15, 0.2) is 24.3 Å². The fraction of sp³-hybridized carbons (Fsp3) is 0.600. The highest BCUT2D eigenvalue weighted by atomic mass is 32.2. The van der Waals surface area contributed by atoms with Crippen LogP contribution in [0.5, 0.6) is 0 Å². The van der Waals surface area contributed by atoms with Gasteiger partial charge in [0.2, 0.25) is 0 Å². The zero-order valence-corrected chi connectivity index (χ0v) is 12.8. The van der Waals surface area contributed by atoms with Gasteiger partial charge in [-0.1, -0.05) is 12.1 Å². The first-order valence-electron chi connectivity index (χ1n) is 6.75. The normalized spacial score (nSPS) is 10.6. The minimum Gasteiger partial charge on any atom is -0.385 e. The summed E-state index contributed by atoms with van der Waals surface area (Å²) in [4.78, 5) is 0. The number of thioether (sulfide) groups is 1. The first kappa shape index (κ1) is 16.3. The van der Waals surface area contributed by atoms with Crippen LogP contribution in [-0.4, -0.2) is 38.9 Å². The Morgan fingerprint density at radius 3 is 2.89 bits per heavy atom. The third-order valence-electron chi connectivity index (χ3n) is 2.73.